The van der Waals surface area contributed by atoms with Crippen LogP contribution >= 0.6 is 0 Å². The van der Waals surface area contributed by atoms with Gasteiger partial charge in [0.05, 0.1) is 35.0 Å². The minimum Gasteiger partial charge on any atom is -0.508 e. The number of fused-ring (bicyclic) bond motifs is 3. The maximum absolute atomic E-state index is 13.9. The molecule has 0 aromatic heterocycles. The highest BCUT2D eigenvalue weighted by molar-refractivity contribution is 6.23. The van der Waals surface area contributed by atoms with Gasteiger partial charge in [0.2, 0.25) is 11.8 Å². The van der Waals surface area contributed by atoms with E-state index in [1.54, 1.807) is 58.3 Å². The second-order valence-electron chi connectivity index (χ2n) is 9.69. The Hall–Kier alpha value is -4.46. The first kappa shape index (κ1) is 23.0. The van der Waals surface area contributed by atoms with Crippen LogP contribution in [-0.4, -0.2) is 46.2 Å². The van der Waals surface area contributed by atoms with Crippen molar-refractivity contribution in [1.82, 2.24) is 4.90 Å². The van der Waals surface area contributed by atoms with Crippen molar-refractivity contribution in [3.05, 3.63) is 89.5 Å². The lowest BCUT2D eigenvalue weighted by Crippen LogP contribution is -2.49. The molecule has 1 N–H and O–H groups in total. The number of nitrogens with zero attached hydrogens (tertiary/aromatic N) is 3. The largest absolute Gasteiger partial charge is 0.508 e. The summed E-state index contributed by atoms with van der Waals surface area (Å²) in [7, 11) is 0. The molecule has 2 aliphatic heterocycles. The third-order valence-electron chi connectivity index (χ3n) is 7.54. The molecule has 6 rings (SSSR count). The van der Waals surface area contributed by atoms with Crippen LogP contribution in [0.4, 0.5) is 11.4 Å². The fraction of sp³-hybridized carbons (Fsp3) is 0.241. The Labute approximate surface area is 213 Å². The van der Waals surface area contributed by atoms with E-state index in [0.29, 0.717) is 41.9 Å². The zero-order valence-electron chi connectivity index (χ0n) is 20.0. The maximum atomic E-state index is 13.9. The lowest BCUT2D eigenvalue weighted by Gasteiger charge is -2.31. The van der Waals surface area contributed by atoms with E-state index in [4.69, 9.17) is 0 Å². The van der Waals surface area contributed by atoms with Crippen LogP contribution in [0, 0.1) is 5.92 Å². The Morgan fingerprint density at radius 1 is 0.784 bits per heavy atom. The molecule has 1 aliphatic carbocycles. The highest BCUT2D eigenvalue weighted by Crippen LogP contribution is 2.43. The summed E-state index contributed by atoms with van der Waals surface area (Å²) in [5.74, 6) is -1.66. The van der Waals surface area contributed by atoms with Crippen molar-refractivity contribution in [2.75, 3.05) is 16.3 Å². The molecule has 0 radical (unpaired) electrons. The minimum absolute atomic E-state index is 0.0564. The van der Waals surface area contributed by atoms with E-state index < -0.39 is 30.2 Å². The molecular weight excluding hydrogens is 470 g/mol. The number of carbonyl (C=O) groups excluding carboxylic acids is 4. The molecule has 2 atom stereocenters. The predicted octanol–water partition coefficient (Wildman–Crippen LogP) is 3.74. The first-order chi connectivity index (χ1) is 17.9. The summed E-state index contributed by atoms with van der Waals surface area (Å²) >= 11 is 0. The van der Waals surface area contributed by atoms with Gasteiger partial charge in [-0.25, -0.2) is 0 Å². The molecule has 0 spiro atoms. The second-order valence-corrected chi connectivity index (χ2v) is 9.69. The first-order valence-corrected chi connectivity index (χ1v) is 12.4. The monoisotopic (exact) mass is 495 g/mol. The summed E-state index contributed by atoms with van der Waals surface area (Å²) in [6.07, 6.45) is 2.11. The molecule has 37 heavy (non-hydrogen) atoms. The van der Waals surface area contributed by atoms with Crippen molar-refractivity contribution >= 4 is 35.0 Å². The number of rotatable bonds is 4. The van der Waals surface area contributed by atoms with Crippen molar-refractivity contribution in [3.63, 3.8) is 0 Å². The number of hydrogen-bond donors (Lipinski definition) is 1. The van der Waals surface area contributed by atoms with E-state index in [-0.39, 0.29) is 17.7 Å². The fourth-order valence-corrected chi connectivity index (χ4v) is 5.79. The Bertz CT molecular complexity index is 1400. The van der Waals surface area contributed by atoms with Gasteiger partial charge in [0.25, 0.3) is 11.8 Å². The summed E-state index contributed by atoms with van der Waals surface area (Å²) in [6.45, 7) is -0.101. The van der Waals surface area contributed by atoms with Crippen molar-refractivity contribution in [3.8, 4) is 5.75 Å². The number of benzene rings is 3. The van der Waals surface area contributed by atoms with Crippen molar-refractivity contribution < 1.29 is 24.3 Å². The Morgan fingerprint density at radius 2 is 1.41 bits per heavy atom. The third kappa shape index (κ3) is 3.76. The number of aromatic hydroxyl groups is 1. The van der Waals surface area contributed by atoms with Crippen LogP contribution in [0.25, 0.3) is 0 Å². The molecule has 3 aromatic rings. The van der Waals surface area contributed by atoms with Crippen LogP contribution < -0.4 is 9.80 Å². The summed E-state index contributed by atoms with van der Waals surface area (Å²) < 4.78 is 0. The molecule has 1 fully saturated rings. The Kier molecular flexibility index (Phi) is 5.52. The maximum Gasteiger partial charge on any atom is 0.262 e. The Morgan fingerprint density at radius 3 is 2.08 bits per heavy atom. The van der Waals surface area contributed by atoms with Gasteiger partial charge in [-0.2, -0.15) is 0 Å². The topological polar surface area (TPSA) is 98.2 Å². The Balaban J connectivity index is 1.37. The van der Waals surface area contributed by atoms with Gasteiger partial charge in [-0.15, -0.1) is 0 Å². The molecule has 3 aliphatic rings. The zero-order valence-corrected chi connectivity index (χ0v) is 20.0. The highest BCUT2D eigenvalue weighted by atomic mass is 16.3. The molecule has 0 bridgehead atoms. The van der Waals surface area contributed by atoms with E-state index in [0.717, 1.165) is 16.9 Å². The van der Waals surface area contributed by atoms with Crippen LogP contribution in [0.15, 0.2) is 72.8 Å². The minimum atomic E-state index is -0.481. The second kappa shape index (κ2) is 8.89. The molecule has 3 aromatic carbocycles. The van der Waals surface area contributed by atoms with Gasteiger partial charge in [0.15, 0.2) is 0 Å². The predicted molar refractivity (Wildman–Crippen MR) is 136 cm³/mol. The molecular formula is C29H25N3O5. The van der Waals surface area contributed by atoms with Crippen molar-refractivity contribution in [2.45, 2.75) is 31.8 Å². The van der Waals surface area contributed by atoms with Gasteiger partial charge in [-0.3, -0.25) is 24.1 Å². The molecule has 0 saturated heterocycles. The number of amides is 4. The molecule has 186 valence electrons. The van der Waals surface area contributed by atoms with Crippen LogP contribution in [-0.2, 0) is 16.1 Å². The lowest BCUT2D eigenvalue weighted by molar-refractivity contribution is -0.123. The SMILES string of the molecule is O=C1c2ccccc2C(=O)N1CC(=O)N1c2ccccc2N(Cc2ccc(O)cc2)C(=O)[C@H]2CCC[C@H]21. The van der Waals surface area contributed by atoms with Crippen LogP contribution in [0.2, 0.25) is 0 Å². The first-order valence-electron chi connectivity index (χ1n) is 12.4. The van der Waals surface area contributed by atoms with Gasteiger partial charge in [-0.1, -0.05) is 42.8 Å². The number of anilines is 2. The van der Waals surface area contributed by atoms with Crippen LogP contribution in [0.3, 0.4) is 0 Å². The van der Waals surface area contributed by atoms with E-state index in [1.807, 2.05) is 24.3 Å². The van der Waals surface area contributed by atoms with E-state index in [9.17, 15) is 24.3 Å². The molecule has 2 heterocycles. The molecule has 0 unspecified atom stereocenters. The number of imide groups is 1. The number of carbonyl (C=O) groups is 4. The van der Waals surface area contributed by atoms with Crippen LogP contribution in [0.5, 0.6) is 5.75 Å². The molecule has 8 heteroatoms. The number of phenolic OH excluding ortho intramolecular Hbond substituents is 1. The van der Waals surface area contributed by atoms with Gasteiger partial charge < -0.3 is 14.9 Å². The zero-order chi connectivity index (χ0) is 25.7. The molecule has 4 amide bonds. The summed E-state index contributed by atoms with van der Waals surface area (Å²) in [5.41, 5.74) is 2.63. The highest BCUT2D eigenvalue weighted by Gasteiger charge is 2.46. The fourth-order valence-electron chi connectivity index (χ4n) is 5.79. The number of hydrogen-bond acceptors (Lipinski definition) is 5. The standard InChI is InChI=1S/C29H25N3O5/c33-19-14-12-18(13-15-19)16-30-24-9-3-4-10-25(24)32(23-11-5-8-22(23)29(30)37)26(34)17-31-27(35)20-6-1-2-7-21(20)28(31)36/h1-4,6-7,9-10,12-15,22-23,33H,5,8,11,16-17H2/t22-,23+/m0/s1. The molecule has 1 saturated carbocycles. The van der Waals surface area contributed by atoms with Gasteiger partial charge in [-0.05, 0) is 54.8 Å². The number of phenols is 1. The van der Waals surface area contributed by atoms with Gasteiger partial charge in [0.1, 0.15) is 12.3 Å². The number of para-hydroxylation sites is 2. The summed E-state index contributed by atoms with van der Waals surface area (Å²) in [6, 6.07) is 20.2. The molecule has 8 nitrogen and oxygen atoms in total. The quantitative estimate of drug-likeness (QED) is 0.556. The lowest BCUT2D eigenvalue weighted by atomic mass is 10.0. The average molecular weight is 496 g/mol. The average Bonchev–Trinajstić information content (AvgIpc) is 3.46. The third-order valence-corrected chi connectivity index (χ3v) is 7.54. The van der Waals surface area contributed by atoms with E-state index in [2.05, 4.69) is 0 Å². The van der Waals surface area contributed by atoms with Gasteiger partial charge >= 0.3 is 0 Å². The smallest absolute Gasteiger partial charge is 0.262 e. The van der Waals surface area contributed by atoms with E-state index in [1.165, 1.54) is 0 Å². The van der Waals surface area contributed by atoms with Crippen molar-refractivity contribution in [1.29, 1.82) is 0 Å². The summed E-state index contributed by atoms with van der Waals surface area (Å²) in [5, 5.41) is 9.67. The normalized spacial score (nSPS) is 20.5. The van der Waals surface area contributed by atoms with Crippen molar-refractivity contribution in [2.24, 2.45) is 5.92 Å². The van der Waals surface area contributed by atoms with E-state index >= 15 is 0 Å². The summed E-state index contributed by atoms with van der Waals surface area (Å²) in [4.78, 5) is 58.0. The van der Waals surface area contributed by atoms with Gasteiger partial charge in [0, 0.05) is 6.04 Å². The van der Waals surface area contributed by atoms with Crippen LogP contribution in [0.1, 0.15) is 45.5 Å².